The van der Waals surface area contributed by atoms with Gasteiger partial charge in [-0.25, -0.2) is 0 Å². The van der Waals surface area contributed by atoms with Crippen molar-refractivity contribution in [2.75, 3.05) is 6.54 Å². The second kappa shape index (κ2) is 7.57. The molecule has 1 aliphatic rings. The fraction of sp³-hybridized carbons (Fsp3) is 0.438. The first-order chi connectivity index (χ1) is 10.6. The molecule has 1 saturated heterocycles. The Hall–Kier alpha value is -2.39. The summed E-state index contributed by atoms with van der Waals surface area (Å²) in [6, 6.07) is 9.97. The van der Waals surface area contributed by atoms with E-state index >= 15 is 0 Å². The van der Waals surface area contributed by atoms with Gasteiger partial charge in [-0.3, -0.25) is 9.59 Å². The van der Waals surface area contributed by atoms with Crippen molar-refractivity contribution < 1.29 is 14.3 Å². The third kappa shape index (κ3) is 4.06. The molecule has 2 unspecified atom stereocenters. The molecule has 0 aromatic heterocycles. The van der Waals surface area contributed by atoms with Crippen LogP contribution in [0.15, 0.2) is 30.3 Å². The Morgan fingerprint density at radius 3 is 2.82 bits per heavy atom. The number of likely N-dealkylation sites (tertiary alicyclic amines) is 1. The Balaban J connectivity index is 1.81. The molecule has 1 heterocycles. The maximum Gasteiger partial charge on any atom is 0.308 e. The molecule has 6 nitrogen and oxygen atoms in total. The summed E-state index contributed by atoms with van der Waals surface area (Å²) in [7, 11) is 0. The molecule has 1 aromatic rings. The molecule has 1 amide bonds. The number of hydrogen-bond donors (Lipinski definition) is 1. The lowest BCUT2D eigenvalue weighted by molar-refractivity contribution is -0.148. The number of hydrogen-bond acceptors (Lipinski definition) is 5. The minimum absolute atomic E-state index is 0.158. The number of amides is 1. The number of benzene rings is 1. The molecule has 2 rings (SSSR count). The predicted molar refractivity (Wildman–Crippen MR) is 79.2 cm³/mol. The van der Waals surface area contributed by atoms with Gasteiger partial charge in [0.2, 0.25) is 5.91 Å². The average molecular weight is 301 g/mol. The fourth-order valence-electron chi connectivity index (χ4n) is 2.44. The summed E-state index contributed by atoms with van der Waals surface area (Å²) < 4.78 is 5.11. The number of nitriles is 1. The highest BCUT2D eigenvalue weighted by Crippen LogP contribution is 2.17. The highest BCUT2D eigenvalue weighted by Gasteiger charge is 2.32. The van der Waals surface area contributed by atoms with E-state index in [1.807, 2.05) is 30.3 Å². The highest BCUT2D eigenvalue weighted by molar-refractivity contribution is 5.87. The molecule has 0 spiro atoms. The number of esters is 1. The van der Waals surface area contributed by atoms with Gasteiger partial charge in [-0.2, -0.15) is 5.26 Å². The molecule has 2 N–H and O–H groups in total. The second-order valence-corrected chi connectivity index (χ2v) is 5.28. The number of nitrogens with two attached hydrogens (primary N) is 1. The summed E-state index contributed by atoms with van der Waals surface area (Å²) in [4.78, 5) is 25.4. The maximum atomic E-state index is 12.2. The SMILES string of the molecule is N#CC1CCCN1C(=O)C(N)CC(=O)OCc1ccccc1. The zero-order valence-corrected chi connectivity index (χ0v) is 12.3. The van der Waals surface area contributed by atoms with Crippen LogP contribution >= 0.6 is 0 Å². The van der Waals surface area contributed by atoms with E-state index in [1.165, 1.54) is 4.90 Å². The minimum Gasteiger partial charge on any atom is -0.461 e. The monoisotopic (exact) mass is 301 g/mol. The number of nitrogens with zero attached hydrogens (tertiary/aromatic N) is 2. The van der Waals surface area contributed by atoms with Crippen molar-refractivity contribution in [3.05, 3.63) is 35.9 Å². The Labute approximate surface area is 129 Å². The summed E-state index contributed by atoms with van der Waals surface area (Å²) >= 11 is 0. The standard InChI is InChI=1S/C16H19N3O3/c17-10-13-7-4-8-19(13)16(21)14(18)9-15(20)22-11-12-5-2-1-3-6-12/h1-3,5-6,13-14H,4,7-9,11,18H2. The molecule has 1 fully saturated rings. The second-order valence-electron chi connectivity index (χ2n) is 5.28. The summed E-state index contributed by atoms with van der Waals surface area (Å²) in [5, 5.41) is 8.98. The van der Waals surface area contributed by atoms with E-state index < -0.39 is 18.1 Å². The van der Waals surface area contributed by atoms with Gasteiger partial charge in [-0.1, -0.05) is 30.3 Å². The van der Waals surface area contributed by atoms with Gasteiger partial charge in [0.25, 0.3) is 0 Å². The van der Waals surface area contributed by atoms with Crippen LogP contribution in [0.2, 0.25) is 0 Å². The Bertz CT molecular complexity index is 568. The van der Waals surface area contributed by atoms with E-state index in [2.05, 4.69) is 6.07 Å². The van der Waals surface area contributed by atoms with Crippen molar-refractivity contribution in [1.29, 1.82) is 5.26 Å². The van der Waals surface area contributed by atoms with Crippen molar-refractivity contribution in [3.63, 3.8) is 0 Å². The third-order valence-electron chi connectivity index (χ3n) is 3.63. The predicted octanol–water partition coefficient (Wildman–Crippen LogP) is 0.962. The average Bonchev–Trinajstić information content (AvgIpc) is 3.01. The van der Waals surface area contributed by atoms with Gasteiger partial charge >= 0.3 is 5.97 Å². The van der Waals surface area contributed by atoms with E-state index in [0.717, 1.165) is 12.0 Å². The highest BCUT2D eigenvalue weighted by atomic mass is 16.5. The molecular weight excluding hydrogens is 282 g/mol. The molecular formula is C16H19N3O3. The topological polar surface area (TPSA) is 96.4 Å². The van der Waals surface area contributed by atoms with E-state index in [1.54, 1.807) is 0 Å². The first-order valence-corrected chi connectivity index (χ1v) is 7.27. The Morgan fingerprint density at radius 2 is 2.14 bits per heavy atom. The van der Waals surface area contributed by atoms with Gasteiger partial charge in [-0.15, -0.1) is 0 Å². The van der Waals surface area contributed by atoms with Crippen LogP contribution in [0.25, 0.3) is 0 Å². The van der Waals surface area contributed by atoms with E-state index in [4.69, 9.17) is 15.7 Å². The summed E-state index contributed by atoms with van der Waals surface area (Å²) in [5.41, 5.74) is 6.66. The number of carbonyl (C=O) groups is 2. The number of carbonyl (C=O) groups excluding carboxylic acids is 2. The molecule has 0 radical (unpaired) electrons. The van der Waals surface area contributed by atoms with Crippen LogP contribution in [0.5, 0.6) is 0 Å². The van der Waals surface area contributed by atoms with Crippen LogP contribution in [0, 0.1) is 11.3 Å². The summed E-state index contributed by atoms with van der Waals surface area (Å²) in [5.74, 6) is -0.877. The smallest absolute Gasteiger partial charge is 0.308 e. The van der Waals surface area contributed by atoms with Gasteiger partial charge in [0.1, 0.15) is 12.6 Å². The van der Waals surface area contributed by atoms with Crippen LogP contribution < -0.4 is 5.73 Å². The molecule has 116 valence electrons. The summed E-state index contributed by atoms with van der Waals surface area (Å²) in [6.45, 7) is 0.676. The lowest BCUT2D eigenvalue weighted by Crippen LogP contribution is -2.46. The van der Waals surface area contributed by atoms with E-state index in [-0.39, 0.29) is 18.9 Å². The van der Waals surface area contributed by atoms with Gasteiger partial charge in [-0.05, 0) is 18.4 Å². The maximum absolute atomic E-state index is 12.2. The molecule has 0 aliphatic carbocycles. The van der Waals surface area contributed by atoms with Gasteiger partial charge in [0.15, 0.2) is 0 Å². The fourth-order valence-corrected chi connectivity index (χ4v) is 2.44. The number of ether oxygens (including phenoxy) is 1. The molecule has 6 heteroatoms. The van der Waals surface area contributed by atoms with Gasteiger partial charge < -0.3 is 15.4 Å². The van der Waals surface area contributed by atoms with Crippen molar-refractivity contribution in [3.8, 4) is 6.07 Å². The first-order valence-electron chi connectivity index (χ1n) is 7.27. The van der Waals surface area contributed by atoms with Crippen LogP contribution in [-0.2, 0) is 20.9 Å². The van der Waals surface area contributed by atoms with Crippen molar-refractivity contribution in [2.45, 2.75) is 38.0 Å². The molecule has 0 saturated carbocycles. The van der Waals surface area contributed by atoms with Crippen molar-refractivity contribution >= 4 is 11.9 Å². The van der Waals surface area contributed by atoms with Crippen LogP contribution in [0.3, 0.4) is 0 Å². The first kappa shape index (κ1) is 16.0. The molecule has 22 heavy (non-hydrogen) atoms. The minimum atomic E-state index is -0.961. The lowest BCUT2D eigenvalue weighted by atomic mass is 10.1. The zero-order chi connectivity index (χ0) is 15.9. The quantitative estimate of drug-likeness (QED) is 0.817. The molecule has 2 atom stereocenters. The third-order valence-corrected chi connectivity index (χ3v) is 3.63. The molecule has 1 aromatic carbocycles. The van der Waals surface area contributed by atoms with Crippen LogP contribution in [0.4, 0.5) is 0 Å². The Morgan fingerprint density at radius 1 is 1.41 bits per heavy atom. The van der Waals surface area contributed by atoms with E-state index in [9.17, 15) is 9.59 Å². The largest absolute Gasteiger partial charge is 0.461 e. The van der Waals surface area contributed by atoms with Gasteiger partial charge in [0, 0.05) is 6.54 Å². The lowest BCUT2D eigenvalue weighted by Gasteiger charge is -2.22. The zero-order valence-electron chi connectivity index (χ0n) is 12.3. The Kier molecular flexibility index (Phi) is 5.50. The van der Waals surface area contributed by atoms with Crippen molar-refractivity contribution in [2.24, 2.45) is 5.73 Å². The normalized spacial score (nSPS) is 18.5. The van der Waals surface area contributed by atoms with Crippen LogP contribution in [-0.4, -0.2) is 35.4 Å². The number of rotatable bonds is 5. The molecule has 0 bridgehead atoms. The van der Waals surface area contributed by atoms with Crippen molar-refractivity contribution in [1.82, 2.24) is 4.90 Å². The van der Waals surface area contributed by atoms with Crippen LogP contribution in [0.1, 0.15) is 24.8 Å². The summed E-state index contributed by atoms with van der Waals surface area (Å²) in [6.07, 6.45) is 1.27. The van der Waals surface area contributed by atoms with Gasteiger partial charge in [0.05, 0.1) is 18.5 Å². The molecule has 1 aliphatic heterocycles. The van der Waals surface area contributed by atoms with E-state index in [0.29, 0.717) is 13.0 Å².